The number of carbonyl (C=O) groups is 1. The Hall–Kier alpha value is -0.530. The van der Waals surface area contributed by atoms with E-state index < -0.39 is 5.97 Å². The summed E-state index contributed by atoms with van der Waals surface area (Å²) in [6.07, 6.45) is 22.6. The number of carboxylic acid groups (broad SMARTS) is 1. The molecule has 0 aliphatic heterocycles. The van der Waals surface area contributed by atoms with E-state index in [9.17, 15) is 9.90 Å². The smallest absolute Gasteiger partial charge is 0.307 e. The zero-order valence-corrected chi connectivity index (χ0v) is 18.5. The second-order valence-electron chi connectivity index (χ2n) is 9.35. The van der Waals surface area contributed by atoms with E-state index in [0.717, 1.165) is 12.8 Å². The van der Waals surface area contributed by atoms with Gasteiger partial charge in [-0.25, -0.2) is 0 Å². The molecule has 0 aromatic carbocycles. The van der Waals surface area contributed by atoms with Crippen LogP contribution in [0.1, 0.15) is 137 Å². The first-order valence-electron chi connectivity index (χ1n) is 11.6. The van der Waals surface area contributed by atoms with Crippen LogP contribution in [0.25, 0.3) is 0 Å². The van der Waals surface area contributed by atoms with Crippen LogP contribution in [0, 0.1) is 11.3 Å². The minimum absolute atomic E-state index is 0.124. The lowest BCUT2D eigenvalue weighted by atomic mass is 9.78. The SMILES string of the molecule is CCCCCCCCCCCCCCCCCCC(C(=O)O)C(C)(C)C. The highest BCUT2D eigenvalue weighted by Gasteiger charge is 2.30. The number of unbranched alkanes of at least 4 members (excludes halogenated alkanes) is 15. The van der Waals surface area contributed by atoms with Crippen molar-refractivity contribution in [3.63, 3.8) is 0 Å². The molecule has 1 N–H and O–H groups in total. The topological polar surface area (TPSA) is 37.3 Å². The molecule has 0 aliphatic rings. The van der Waals surface area contributed by atoms with E-state index in [4.69, 9.17) is 0 Å². The Kier molecular flexibility index (Phi) is 16.3. The summed E-state index contributed by atoms with van der Waals surface area (Å²) in [5, 5.41) is 9.33. The third-order valence-corrected chi connectivity index (χ3v) is 5.69. The Morgan fingerprint density at radius 3 is 1.23 bits per heavy atom. The van der Waals surface area contributed by atoms with Crippen molar-refractivity contribution < 1.29 is 9.90 Å². The van der Waals surface area contributed by atoms with Crippen molar-refractivity contribution in [3.8, 4) is 0 Å². The zero-order valence-electron chi connectivity index (χ0n) is 18.5. The Morgan fingerprint density at radius 1 is 0.654 bits per heavy atom. The molecule has 0 fully saturated rings. The van der Waals surface area contributed by atoms with Gasteiger partial charge in [0.15, 0.2) is 0 Å². The monoisotopic (exact) mass is 368 g/mol. The van der Waals surface area contributed by atoms with Crippen LogP contribution in [0.3, 0.4) is 0 Å². The molecule has 2 nitrogen and oxygen atoms in total. The van der Waals surface area contributed by atoms with Gasteiger partial charge in [-0.2, -0.15) is 0 Å². The molecular formula is C24H48O2. The molecule has 0 aromatic heterocycles. The maximum atomic E-state index is 11.3. The van der Waals surface area contributed by atoms with Gasteiger partial charge in [-0.1, -0.05) is 130 Å². The molecule has 0 saturated heterocycles. The molecule has 0 bridgehead atoms. The number of hydrogen-bond donors (Lipinski definition) is 1. The molecule has 2 heteroatoms. The van der Waals surface area contributed by atoms with E-state index in [1.54, 1.807) is 0 Å². The summed E-state index contributed by atoms with van der Waals surface area (Å²) >= 11 is 0. The predicted octanol–water partition coefficient (Wildman–Crippen LogP) is 8.38. The third kappa shape index (κ3) is 15.7. The summed E-state index contributed by atoms with van der Waals surface area (Å²) in [5.74, 6) is -0.826. The first kappa shape index (κ1) is 25.5. The van der Waals surface area contributed by atoms with Crippen LogP contribution in [-0.2, 0) is 4.79 Å². The van der Waals surface area contributed by atoms with Gasteiger partial charge in [0, 0.05) is 0 Å². The second kappa shape index (κ2) is 16.6. The highest BCUT2D eigenvalue weighted by atomic mass is 16.4. The molecule has 0 rings (SSSR count). The minimum atomic E-state index is -0.626. The second-order valence-corrected chi connectivity index (χ2v) is 9.35. The maximum Gasteiger partial charge on any atom is 0.307 e. The molecule has 0 amide bonds. The van der Waals surface area contributed by atoms with Crippen molar-refractivity contribution in [1.82, 2.24) is 0 Å². The van der Waals surface area contributed by atoms with Gasteiger partial charge < -0.3 is 5.11 Å². The molecule has 0 aliphatic carbocycles. The van der Waals surface area contributed by atoms with Crippen molar-refractivity contribution in [2.24, 2.45) is 11.3 Å². The lowest BCUT2D eigenvalue weighted by Gasteiger charge is -2.26. The van der Waals surface area contributed by atoms with E-state index in [1.165, 1.54) is 96.3 Å². The molecule has 1 atom stereocenters. The molecule has 1 unspecified atom stereocenters. The Balaban J connectivity index is 3.30. The van der Waals surface area contributed by atoms with Crippen molar-refractivity contribution in [2.45, 2.75) is 137 Å². The van der Waals surface area contributed by atoms with Crippen LogP contribution in [0.5, 0.6) is 0 Å². The fourth-order valence-electron chi connectivity index (χ4n) is 3.82. The molecule has 0 saturated carbocycles. The van der Waals surface area contributed by atoms with Crippen LogP contribution in [0.4, 0.5) is 0 Å². The molecule has 0 heterocycles. The van der Waals surface area contributed by atoms with Crippen molar-refractivity contribution >= 4 is 5.97 Å². The van der Waals surface area contributed by atoms with Gasteiger partial charge in [-0.3, -0.25) is 4.79 Å². The first-order valence-corrected chi connectivity index (χ1v) is 11.6. The van der Waals surface area contributed by atoms with Gasteiger partial charge in [0.2, 0.25) is 0 Å². The van der Waals surface area contributed by atoms with Gasteiger partial charge in [0.1, 0.15) is 0 Å². The number of hydrogen-bond acceptors (Lipinski definition) is 1. The van der Waals surface area contributed by atoms with Gasteiger partial charge in [0.25, 0.3) is 0 Å². The summed E-state index contributed by atoms with van der Waals surface area (Å²) in [4.78, 5) is 11.3. The zero-order chi connectivity index (χ0) is 19.7. The highest BCUT2D eigenvalue weighted by molar-refractivity contribution is 5.70. The normalized spacial score (nSPS) is 13.1. The molecule has 0 radical (unpaired) electrons. The quantitative estimate of drug-likeness (QED) is 0.247. The maximum absolute atomic E-state index is 11.3. The van der Waals surface area contributed by atoms with Crippen molar-refractivity contribution in [1.29, 1.82) is 0 Å². The van der Waals surface area contributed by atoms with Crippen LogP contribution in [-0.4, -0.2) is 11.1 Å². The highest BCUT2D eigenvalue weighted by Crippen LogP contribution is 2.30. The fraction of sp³-hybridized carbons (Fsp3) is 0.958. The standard InChI is InChI=1S/C24H48O2/c1-5-6-7-8-9-10-11-12-13-14-15-16-17-18-19-20-21-22(23(25)26)24(2,3)4/h22H,5-21H2,1-4H3,(H,25,26). The lowest BCUT2D eigenvalue weighted by molar-refractivity contribution is -0.145. The van der Waals surface area contributed by atoms with Gasteiger partial charge >= 0.3 is 5.97 Å². The number of rotatable bonds is 18. The van der Waals surface area contributed by atoms with Crippen molar-refractivity contribution in [3.05, 3.63) is 0 Å². The molecule has 26 heavy (non-hydrogen) atoms. The van der Waals surface area contributed by atoms with E-state index in [0.29, 0.717) is 0 Å². The molecular weight excluding hydrogens is 320 g/mol. The lowest BCUT2D eigenvalue weighted by Crippen LogP contribution is -2.28. The first-order chi connectivity index (χ1) is 12.4. The van der Waals surface area contributed by atoms with Gasteiger partial charge in [0.05, 0.1) is 5.92 Å². The van der Waals surface area contributed by atoms with Crippen LogP contribution in [0.15, 0.2) is 0 Å². The molecule has 0 spiro atoms. The van der Waals surface area contributed by atoms with Gasteiger partial charge in [-0.15, -0.1) is 0 Å². The molecule has 0 aromatic rings. The Labute approximate surface area is 164 Å². The van der Waals surface area contributed by atoms with E-state index >= 15 is 0 Å². The van der Waals surface area contributed by atoms with E-state index in [1.807, 2.05) is 20.8 Å². The fourth-order valence-corrected chi connectivity index (χ4v) is 3.82. The van der Waals surface area contributed by atoms with Gasteiger partial charge in [-0.05, 0) is 11.8 Å². The molecule has 156 valence electrons. The van der Waals surface area contributed by atoms with Crippen LogP contribution >= 0.6 is 0 Å². The largest absolute Gasteiger partial charge is 0.481 e. The van der Waals surface area contributed by atoms with E-state index in [2.05, 4.69) is 6.92 Å². The average Bonchev–Trinajstić information content (AvgIpc) is 2.56. The predicted molar refractivity (Wildman–Crippen MR) is 115 cm³/mol. The number of carboxylic acids is 1. The Bertz CT molecular complexity index is 317. The Morgan fingerprint density at radius 2 is 0.962 bits per heavy atom. The van der Waals surface area contributed by atoms with Crippen LogP contribution in [0.2, 0.25) is 0 Å². The summed E-state index contributed by atoms with van der Waals surface area (Å²) < 4.78 is 0. The van der Waals surface area contributed by atoms with Crippen LogP contribution < -0.4 is 0 Å². The summed E-state index contributed by atoms with van der Waals surface area (Å²) in [6.45, 7) is 8.40. The summed E-state index contributed by atoms with van der Waals surface area (Å²) in [6, 6.07) is 0. The third-order valence-electron chi connectivity index (χ3n) is 5.69. The average molecular weight is 369 g/mol. The van der Waals surface area contributed by atoms with E-state index in [-0.39, 0.29) is 11.3 Å². The summed E-state index contributed by atoms with van der Waals surface area (Å²) in [5.41, 5.74) is -0.124. The number of aliphatic carboxylic acids is 1. The minimum Gasteiger partial charge on any atom is -0.481 e. The van der Waals surface area contributed by atoms with Crippen molar-refractivity contribution in [2.75, 3.05) is 0 Å². The summed E-state index contributed by atoms with van der Waals surface area (Å²) in [7, 11) is 0.